The van der Waals surface area contributed by atoms with E-state index in [0.717, 1.165) is 10.4 Å². The number of hydrogen-bond donors (Lipinski definition) is 2. The number of carbonyl (C=O) groups excluding carboxylic acids is 1. The Morgan fingerprint density at radius 1 is 1.43 bits per heavy atom. The van der Waals surface area contributed by atoms with Crippen LogP contribution in [0.3, 0.4) is 0 Å². The van der Waals surface area contributed by atoms with Gasteiger partial charge in [-0.05, 0) is 30.7 Å². The van der Waals surface area contributed by atoms with Crippen LogP contribution in [0.5, 0.6) is 0 Å². The molecular weight excluding hydrogens is 289 g/mol. The normalized spacial score (nSPS) is 9.86. The van der Waals surface area contributed by atoms with Gasteiger partial charge < -0.3 is 10.4 Å². The molecule has 1 heterocycles. The van der Waals surface area contributed by atoms with Gasteiger partial charge in [0.15, 0.2) is 0 Å². The Morgan fingerprint density at radius 2 is 2.24 bits per heavy atom. The summed E-state index contributed by atoms with van der Waals surface area (Å²) in [4.78, 5) is 12.8. The minimum atomic E-state index is -0.457. The maximum absolute atomic E-state index is 13.7. The summed E-state index contributed by atoms with van der Waals surface area (Å²) in [6.45, 7) is 1.79. The predicted molar refractivity (Wildman–Crippen MR) is 82.0 cm³/mol. The van der Waals surface area contributed by atoms with Crippen LogP contribution >= 0.6 is 11.3 Å². The molecule has 0 unspecified atom stereocenters. The molecule has 1 aromatic carbocycles. The molecule has 1 amide bonds. The van der Waals surface area contributed by atoms with Crippen LogP contribution in [0.15, 0.2) is 29.6 Å². The van der Waals surface area contributed by atoms with Gasteiger partial charge in [-0.3, -0.25) is 4.79 Å². The number of nitrogens with one attached hydrogen (secondary N) is 1. The highest BCUT2D eigenvalue weighted by atomic mass is 32.1. The first kappa shape index (κ1) is 15.2. The molecule has 3 nitrogen and oxygen atoms in total. The summed E-state index contributed by atoms with van der Waals surface area (Å²) in [5, 5.41) is 12.9. The lowest BCUT2D eigenvalue weighted by Gasteiger charge is -2.05. The first-order valence-corrected chi connectivity index (χ1v) is 7.24. The van der Waals surface area contributed by atoms with Crippen LogP contribution in [-0.4, -0.2) is 17.6 Å². The Morgan fingerprint density at radius 3 is 2.95 bits per heavy atom. The lowest BCUT2D eigenvalue weighted by atomic mass is 10.2. The van der Waals surface area contributed by atoms with Crippen LogP contribution in [0.1, 0.15) is 27.2 Å². The van der Waals surface area contributed by atoms with Crippen molar-refractivity contribution in [3.05, 3.63) is 51.5 Å². The van der Waals surface area contributed by atoms with E-state index >= 15 is 0 Å². The fraction of sp³-hybridized carbons (Fsp3) is 0.188. The van der Waals surface area contributed by atoms with Gasteiger partial charge in [-0.25, -0.2) is 4.39 Å². The van der Waals surface area contributed by atoms with Crippen LogP contribution < -0.4 is 5.32 Å². The Balaban J connectivity index is 2.09. The fourth-order valence-corrected chi connectivity index (χ4v) is 2.40. The number of aliphatic hydroxyl groups is 1. The second-order valence-electron chi connectivity index (χ2n) is 4.41. The smallest absolute Gasteiger partial charge is 0.256 e. The number of amides is 1. The van der Waals surface area contributed by atoms with Crippen LogP contribution in [0.4, 0.5) is 10.1 Å². The Hall–Kier alpha value is -2.16. The van der Waals surface area contributed by atoms with E-state index in [2.05, 4.69) is 17.2 Å². The summed E-state index contributed by atoms with van der Waals surface area (Å²) in [5.74, 6) is 4.82. The average Bonchev–Trinajstić information content (AvgIpc) is 2.91. The van der Waals surface area contributed by atoms with Gasteiger partial charge in [0, 0.05) is 11.8 Å². The summed E-state index contributed by atoms with van der Waals surface area (Å²) in [5.41, 5.74) is 1.39. The van der Waals surface area contributed by atoms with Crippen LogP contribution in [0.25, 0.3) is 0 Å². The Kier molecular flexibility index (Phi) is 5.09. The van der Waals surface area contributed by atoms with Gasteiger partial charge in [0.05, 0.1) is 22.7 Å². The minimum Gasteiger partial charge on any atom is -0.395 e. The van der Waals surface area contributed by atoms with Gasteiger partial charge in [0.25, 0.3) is 5.91 Å². The van der Waals surface area contributed by atoms with Crippen molar-refractivity contribution in [3.8, 4) is 11.8 Å². The number of hydrogen-bond acceptors (Lipinski definition) is 3. The van der Waals surface area contributed by atoms with Gasteiger partial charge in [-0.15, -0.1) is 11.3 Å². The highest BCUT2D eigenvalue weighted by Crippen LogP contribution is 2.18. The van der Waals surface area contributed by atoms with Gasteiger partial charge in [0.1, 0.15) is 5.82 Å². The van der Waals surface area contributed by atoms with Gasteiger partial charge >= 0.3 is 0 Å². The number of rotatable bonds is 3. The number of carbonyl (C=O) groups is 1. The quantitative estimate of drug-likeness (QED) is 0.856. The van der Waals surface area contributed by atoms with Crippen molar-refractivity contribution < 1.29 is 14.3 Å². The first-order valence-electron chi connectivity index (χ1n) is 6.36. The molecule has 2 N–H and O–H groups in total. The molecule has 0 atom stereocenters. The summed E-state index contributed by atoms with van der Waals surface area (Å²) < 4.78 is 13.7. The standard InChI is InChI=1S/C16H14FNO2S/c1-11-5-6-15(14(17)8-11)18-16(20)12-9-13(21-10-12)4-2-3-7-19/h5-6,8-10,19H,3,7H2,1H3,(H,18,20). The Bertz CT molecular complexity index is 713. The second kappa shape index (κ2) is 7.02. The predicted octanol–water partition coefficient (Wildman–Crippen LogP) is 3.18. The molecule has 0 radical (unpaired) electrons. The van der Waals surface area contributed by atoms with E-state index in [9.17, 15) is 9.18 Å². The Labute approximate surface area is 126 Å². The molecular formula is C16H14FNO2S. The number of aryl methyl sites for hydroxylation is 1. The highest BCUT2D eigenvalue weighted by Gasteiger charge is 2.11. The molecule has 21 heavy (non-hydrogen) atoms. The van der Waals surface area contributed by atoms with E-state index in [-0.39, 0.29) is 18.2 Å². The maximum atomic E-state index is 13.7. The molecule has 0 bridgehead atoms. The third-order valence-corrected chi connectivity index (χ3v) is 3.53. The van der Waals surface area contributed by atoms with Crippen molar-refractivity contribution in [1.82, 2.24) is 0 Å². The number of benzene rings is 1. The van der Waals surface area contributed by atoms with E-state index < -0.39 is 5.82 Å². The molecule has 108 valence electrons. The van der Waals surface area contributed by atoms with Crippen molar-refractivity contribution in [1.29, 1.82) is 0 Å². The van der Waals surface area contributed by atoms with Crippen LogP contribution in [0.2, 0.25) is 0 Å². The van der Waals surface area contributed by atoms with E-state index in [1.807, 2.05) is 0 Å². The fourth-order valence-electron chi connectivity index (χ4n) is 1.64. The van der Waals surface area contributed by atoms with Crippen LogP contribution in [-0.2, 0) is 0 Å². The number of aliphatic hydroxyl groups excluding tert-OH is 1. The van der Waals surface area contributed by atoms with E-state index in [4.69, 9.17) is 5.11 Å². The zero-order valence-electron chi connectivity index (χ0n) is 11.4. The van der Waals surface area contributed by atoms with Gasteiger partial charge in [-0.1, -0.05) is 17.9 Å². The molecule has 2 aromatic rings. The van der Waals surface area contributed by atoms with Crippen molar-refractivity contribution in [2.24, 2.45) is 0 Å². The lowest BCUT2D eigenvalue weighted by Crippen LogP contribution is -2.12. The molecule has 0 fully saturated rings. The highest BCUT2D eigenvalue weighted by molar-refractivity contribution is 7.10. The van der Waals surface area contributed by atoms with Crippen molar-refractivity contribution in [2.45, 2.75) is 13.3 Å². The molecule has 0 saturated carbocycles. The van der Waals surface area contributed by atoms with Crippen molar-refractivity contribution in [3.63, 3.8) is 0 Å². The van der Waals surface area contributed by atoms with Gasteiger partial charge in [0.2, 0.25) is 0 Å². The molecule has 2 rings (SSSR count). The summed E-state index contributed by atoms with van der Waals surface area (Å²) >= 11 is 1.34. The van der Waals surface area contributed by atoms with E-state index in [1.54, 1.807) is 24.4 Å². The number of thiophene rings is 1. The third-order valence-electron chi connectivity index (χ3n) is 2.68. The average molecular weight is 303 g/mol. The molecule has 0 spiro atoms. The zero-order valence-corrected chi connectivity index (χ0v) is 12.3. The van der Waals surface area contributed by atoms with Crippen LogP contribution in [0, 0.1) is 24.6 Å². The summed E-state index contributed by atoms with van der Waals surface area (Å²) in [6.07, 6.45) is 0.397. The first-order chi connectivity index (χ1) is 10.1. The van der Waals surface area contributed by atoms with E-state index in [0.29, 0.717) is 12.0 Å². The second-order valence-corrected chi connectivity index (χ2v) is 5.32. The van der Waals surface area contributed by atoms with E-state index in [1.165, 1.54) is 23.5 Å². The molecule has 0 aliphatic heterocycles. The third kappa shape index (κ3) is 4.15. The molecule has 5 heteroatoms. The SMILES string of the molecule is Cc1ccc(NC(=O)c2csc(C#CCCO)c2)c(F)c1. The van der Waals surface area contributed by atoms with Crippen molar-refractivity contribution in [2.75, 3.05) is 11.9 Å². The largest absolute Gasteiger partial charge is 0.395 e. The van der Waals surface area contributed by atoms with Gasteiger partial charge in [-0.2, -0.15) is 0 Å². The topological polar surface area (TPSA) is 49.3 Å². The molecule has 1 aromatic heterocycles. The maximum Gasteiger partial charge on any atom is 0.256 e. The minimum absolute atomic E-state index is 0.0123. The van der Waals surface area contributed by atoms with Crippen molar-refractivity contribution >= 4 is 22.9 Å². The monoisotopic (exact) mass is 303 g/mol. The summed E-state index contributed by atoms with van der Waals surface area (Å²) in [7, 11) is 0. The molecule has 0 aliphatic rings. The number of halogens is 1. The lowest BCUT2D eigenvalue weighted by molar-refractivity contribution is 0.102. The molecule has 0 aliphatic carbocycles. The molecule has 0 saturated heterocycles. The zero-order chi connectivity index (χ0) is 15.2. The summed E-state index contributed by atoms with van der Waals surface area (Å²) in [6, 6.07) is 6.29. The number of anilines is 1.